The third kappa shape index (κ3) is 3.97. The predicted molar refractivity (Wildman–Crippen MR) is 82.6 cm³/mol. The number of carbonyl (C=O) groups excluding carboxylic acids is 1. The first-order valence-electron chi connectivity index (χ1n) is 6.25. The van der Waals surface area contributed by atoms with Gasteiger partial charge in [0.2, 0.25) is 0 Å². The topological polar surface area (TPSA) is 64.6 Å². The summed E-state index contributed by atoms with van der Waals surface area (Å²) in [6, 6.07) is 12.0. The summed E-state index contributed by atoms with van der Waals surface area (Å²) < 4.78 is 22.2. The van der Waals surface area contributed by atoms with Crippen molar-refractivity contribution in [1.82, 2.24) is 5.09 Å². The first kappa shape index (κ1) is 15.8. The highest BCUT2D eigenvalue weighted by molar-refractivity contribution is 7.84. The second kappa shape index (κ2) is 6.48. The summed E-state index contributed by atoms with van der Waals surface area (Å²) in [4.78, 5) is 11.3. The fourth-order valence-electron chi connectivity index (χ4n) is 1.89. The SMILES string of the molecule is COC(=O)[C@H](C)N[P@@](=O)(Cl)Oc1cccc2ccccc12. The fraction of sp³-hybridized carbons (Fsp3) is 0.214. The number of rotatable bonds is 5. The van der Waals surface area contributed by atoms with Crippen LogP contribution in [0.15, 0.2) is 42.5 Å². The summed E-state index contributed by atoms with van der Waals surface area (Å²) in [7, 11) is 1.24. The van der Waals surface area contributed by atoms with Gasteiger partial charge in [-0.15, -0.1) is 0 Å². The highest BCUT2D eigenvalue weighted by atomic mass is 35.7. The van der Waals surface area contributed by atoms with Crippen molar-refractivity contribution in [2.24, 2.45) is 0 Å². The quantitative estimate of drug-likeness (QED) is 0.670. The van der Waals surface area contributed by atoms with Crippen molar-refractivity contribution in [3.63, 3.8) is 0 Å². The Morgan fingerprint density at radius 2 is 1.90 bits per heavy atom. The number of fused-ring (bicyclic) bond motifs is 1. The van der Waals surface area contributed by atoms with Crippen LogP contribution in [-0.4, -0.2) is 19.1 Å². The largest absolute Gasteiger partial charge is 0.468 e. The third-order valence-electron chi connectivity index (χ3n) is 2.87. The minimum Gasteiger partial charge on any atom is -0.468 e. The minimum absolute atomic E-state index is 0.385. The van der Waals surface area contributed by atoms with Crippen molar-refractivity contribution >= 4 is 34.9 Å². The van der Waals surface area contributed by atoms with Crippen LogP contribution in [-0.2, 0) is 14.1 Å². The van der Waals surface area contributed by atoms with Gasteiger partial charge in [-0.2, -0.15) is 0 Å². The molecule has 0 fully saturated rings. The van der Waals surface area contributed by atoms with E-state index in [0.717, 1.165) is 10.8 Å². The number of ether oxygens (including phenoxy) is 1. The van der Waals surface area contributed by atoms with Gasteiger partial charge >= 0.3 is 12.8 Å². The molecule has 0 aliphatic carbocycles. The Morgan fingerprint density at radius 1 is 1.24 bits per heavy atom. The Hall–Kier alpha value is -1.55. The van der Waals surface area contributed by atoms with Gasteiger partial charge in [0, 0.05) is 16.6 Å². The highest BCUT2D eigenvalue weighted by Gasteiger charge is 2.28. The maximum absolute atomic E-state index is 12.3. The molecule has 0 aliphatic rings. The predicted octanol–water partition coefficient (Wildman–Crippen LogP) is 3.72. The summed E-state index contributed by atoms with van der Waals surface area (Å²) in [5, 5.41) is 4.17. The van der Waals surface area contributed by atoms with Crippen molar-refractivity contribution in [3.8, 4) is 5.75 Å². The fourth-order valence-corrected chi connectivity index (χ4v) is 3.58. The molecule has 2 atom stereocenters. The molecule has 7 heteroatoms. The lowest BCUT2D eigenvalue weighted by molar-refractivity contribution is -0.142. The van der Waals surface area contributed by atoms with Crippen LogP contribution < -0.4 is 9.61 Å². The first-order valence-corrected chi connectivity index (χ1v) is 8.78. The van der Waals surface area contributed by atoms with E-state index in [0.29, 0.717) is 5.75 Å². The molecule has 0 amide bonds. The van der Waals surface area contributed by atoms with Crippen LogP contribution in [0.2, 0.25) is 0 Å². The molecule has 1 N–H and O–H groups in total. The van der Waals surface area contributed by atoms with E-state index in [1.54, 1.807) is 12.1 Å². The molecule has 0 unspecified atom stereocenters. The van der Waals surface area contributed by atoms with Gasteiger partial charge in [-0.1, -0.05) is 36.4 Å². The molecule has 2 aromatic carbocycles. The van der Waals surface area contributed by atoms with Crippen molar-refractivity contribution in [2.75, 3.05) is 7.11 Å². The molecule has 0 saturated heterocycles. The molecule has 0 aliphatic heterocycles. The van der Waals surface area contributed by atoms with Gasteiger partial charge in [0.15, 0.2) is 0 Å². The lowest BCUT2D eigenvalue weighted by Gasteiger charge is -2.18. The van der Waals surface area contributed by atoms with Crippen LogP contribution in [0.25, 0.3) is 10.8 Å². The number of methoxy groups -OCH3 is 1. The van der Waals surface area contributed by atoms with Crippen molar-refractivity contribution < 1.29 is 18.6 Å². The van der Waals surface area contributed by atoms with Gasteiger partial charge in [0.1, 0.15) is 11.8 Å². The van der Waals surface area contributed by atoms with Crippen LogP contribution in [0.4, 0.5) is 0 Å². The summed E-state index contributed by atoms with van der Waals surface area (Å²) in [5.41, 5.74) is 0. The standard InChI is InChI=1S/C14H15ClNO4P/c1-10(14(17)19-2)16-21(15,18)20-13-9-5-7-11-6-3-4-8-12(11)13/h3-10H,1-2H3,(H,16,18)/t10-,21+/m0/s1. The first-order chi connectivity index (χ1) is 9.93. The zero-order valence-corrected chi connectivity index (χ0v) is 13.2. The van der Waals surface area contributed by atoms with Crippen LogP contribution >= 0.6 is 18.1 Å². The van der Waals surface area contributed by atoms with Gasteiger partial charge in [0.05, 0.1) is 7.11 Å². The van der Waals surface area contributed by atoms with Crippen LogP contribution in [0, 0.1) is 0 Å². The Labute approximate surface area is 127 Å². The molecule has 0 radical (unpaired) electrons. The second-order valence-electron chi connectivity index (χ2n) is 4.42. The van der Waals surface area contributed by atoms with Crippen LogP contribution in [0.3, 0.4) is 0 Å². The van der Waals surface area contributed by atoms with Crippen LogP contribution in [0.5, 0.6) is 5.75 Å². The number of benzene rings is 2. The molecule has 0 bridgehead atoms. The number of nitrogens with one attached hydrogen (secondary N) is 1. The lowest BCUT2D eigenvalue weighted by atomic mass is 10.1. The Balaban J connectivity index is 2.23. The number of halogens is 1. The van der Waals surface area contributed by atoms with E-state index < -0.39 is 18.9 Å². The molecule has 2 rings (SSSR count). The van der Waals surface area contributed by atoms with E-state index in [1.165, 1.54) is 14.0 Å². The number of hydrogen-bond donors (Lipinski definition) is 1. The molecular formula is C14H15ClNO4P. The van der Waals surface area contributed by atoms with E-state index in [1.807, 2.05) is 30.3 Å². The van der Waals surface area contributed by atoms with Crippen LogP contribution in [0.1, 0.15) is 6.92 Å². The summed E-state index contributed by atoms with van der Waals surface area (Å²) in [6.07, 6.45) is 0. The van der Waals surface area contributed by atoms with Gasteiger partial charge in [-0.3, -0.25) is 4.79 Å². The number of esters is 1. The summed E-state index contributed by atoms with van der Waals surface area (Å²) >= 11 is 5.88. The Morgan fingerprint density at radius 3 is 2.62 bits per heavy atom. The third-order valence-corrected chi connectivity index (χ3v) is 4.50. The molecule has 0 spiro atoms. The maximum Gasteiger partial charge on any atom is 0.409 e. The van der Waals surface area contributed by atoms with Gasteiger partial charge in [-0.05, 0) is 18.4 Å². The van der Waals surface area contributed by atoms with E-state index in [2.05, 4.69) is 9.82 Å². The summed E-state index contributed by atoms with van der Waals surface area (Å²) in [6.45, 7) is -2.23. The van der Waals surface area contributed by atoms with Crippen molar-refractivity contribution in [3.05, 3.63) is 42.5 Å². The van der Waals surface area contributed by atoms with E-state index in [9.17, 15) is 9.36 Å². The van der Waals surface area contributed by atoms with Gasteiger partial charge < -0.3 is 9.26 Å². The molecule has 0 heterocycles. The normalized spacial score (nSPS) is 15.2. The highest BCUT2D eigenvalue weighted by Crippen LogP contribution is 2.49. The van der Waals surface area contributed by atoms with Crippen molar-refractivity contribution in [2.45, 2.75) is 13.0 Å². The van der Waals surface area contributed by atoms with Gasteiger partial charge in [0.25, 0.3) is 0 Å². The van der Waals surface area contributed by atoms with Crippen molar-refractivity contribution in [1.29, 1.82) is 0 Å². The molecule has 21 heavy (non-hydrogen) atoms. The molecule has 112 valence electrons. The van der Waals surface area contributed by atoms with Gasteiger partial charge in [-0.25, -0.2) is 9.65 Å². The summed E-state index contributed by atoms with van der Waals surface area (Å²) in [5.74, 6) is -0.187. The minimum atomic E-state index is -3.72. The molecular weight excluding hydrogens is 313 g/mol. The number of carbonyl (C=O) groups is 1. The van der Waals surface area contributed by atoms with E-state index in [4.69, 9.17) is 15.8 Å². The lowest BCUT2D eigenvalue weighted by Crippen LogP contribution is -2.32. The smallest absolute Gasteiger partial charge is 0.409 e. The molecule has 5 nitrogen and oxygen atoms in total. The zero-order chi connectivity index (χ0) is 15.5. The van der Waals surface area contributed by atoms with E-state index >= 15 is 0 Å². The monoisotopic (exact) mass is 327 g/mol. The zero-order valence-electron chi connectivity index (χ0n) is 11.6. The maximum atomic E-state index is 12.3. The second-order valence-corrected chi connectivity index (χ2v) is 7.16. The average molecular weight is 328 g/mol. The molecule has 2 aromatic rings. The van der Waals surface area contributed by atoms with E-state index in [-0.39, 0.29) is 0 Å². The number of hydrogen-bond acceptors (Lipinski definition) is 4. The Kier molecular flexibility index (Phi) is 4.88. The Bertz CT molecular complexity index is 701. The average Bonchev–Trinajstić information content (AvgIpc) is 2.46. The molecule has 0 aromatic heterocycles. The molecule has 0 saturated carbocycles.